The number of Topliss-reactive ketones (excluding diaryl/α,β-unsaturated/α-hetero) is 1. The lowest BCUT2D eigenvalue weighted by Crippen LogP contribution is -2.44. The summed E-state index contributed by atoms with van der Waals surface area (Å²) in [4.78, 5) is 38.4. The number of carbonyl (C=O) groups is 3. The molecular formula is C19H26N2O3. The highest BCUT2D eigenvalue weighted by Gasteiger charge is 2.47. The summed E-state index contributed by atoms with van der Waals surface area (Å²) in [5.41, 5.74) is 1.57. The molecule has 5 heteroatoms. The lowest BCUT2D eigenvalue weighted by Gasteiger charge is -2.22. The Morgan fingerprint density at radius 3 is 2.50 bits per heavy atom. The third-order valence-corrected chi connectivity index (χ3v) is 4.55. The zero-order valence-electron chi connectivity index (χ0n) is 15.1. The van der Waals surface area contributed by atoms with E-state index < -0.39 is 11.6 Å². The third-order valence-electron chi connectivity index (χ3n) is 4.55. The monoisotopic (exact) mass is 330 g/mol. The highest BCUT2D eigenvalue weighted by molar-refractivity contribution is 6.11. The molecule has 1 fully saturated rings. The van der Waals surface area contributed by atoms with Crippen LogP contribution in [0.1, 0.15) is 55.1 Å². The molecule has 0 spiro atoms. The molecule has 3 amide bonds. The molecule has 0 radical (unpaired) electrons. The van der Waals surface area contributed by atoms with E-state index in [9.17, 15) is 14.4 Å². The van der Waals surface area contributed by atoms with Crippen LogP contribution in [0.15, 0.2) is 18.2 Å². The molecule has 5 nitrogen and oxygen atoms in total. The molecule has 0 bridgehead atoms. The largest absolute Gasteiger partial charge is 0.325 e. The van der Waals surface area contributed by atoms with Crippen LogP contribution >= 0.6 is 0 Å². The number of hydrogen-bond acceptors (Lipinski definition) is 3. The Kier molecular flexibility index (Phi) is 5.11. The first-order chi connectivity index (χ1) is 11.1. The van der Waals surface area contributed by atoms with Crippen molar-refractivity contribution in [3.63, 3.8) is 0 Å². The summed E-state index contributed by atoms with van der Waals surface area (Å²) >= 11 is 0. The maximum atomic E-state index is 12.6. The molecule has 1 unspecified atom stereocenters. The van der Waals surface area contributed by atoms with E-state index in [0.717, 1.165) is 22.4 Å². The van der Waals surface area contributed by atoms with E-state index in [1.54, 1.807) is 13.0 Å². The summed E-state index contributed by atoms with van der Waals surface area (Å²) in [6, 6.07) is 5.05. The molecule has 1 aromatic rings. The number of ketones is 1. The minimum Gasteiger partial charge on any atom is -0.323 e. The topological polar surface area (TPSA) is 66.5 Å². The number of benzene rings is 1. The fraction of sp³-hybridized carbons (Fsp3) is 0.526. The molecule has 1 aliphatic heterocycles. The molecule has 130 valence electrons. The Bertz CT molecular complexity index is 681. The van der Waals surface area contributed by atoms with Gasteiger partial charge in [-0.05, 0) is 45.1 Å². The average molecular weight is 330 g/mol. The van der Waals surface area contributed by atoms with Gasteiger partial charge in [0.2, 0.25) is 0 Å². The first kappa shape index (κ1) is 18.2. The summed E-state index contributed by atoms with van der Waals surface area (Å²) in [5, 5.41) is 2.75. The number of nitrogens with one attached hydrogen (secondary N) is 1. The number of carbonyl (C=O) groups excluding carboxylic acids is 3. The number of imide groups is 1. The Morgan fingerprint density at radius 1 is 1.25 bits per heavy atom. The number of amides is 3. The smallest absolute Gasteiger partial charge is 0.323 e. The molecule has 0 aliphatic carbocycles. The standard InChI is InChI=1S/C19H26N2O3/c1-12(2)8-9-19(5)17(23)21(18(24)20-19)11-16(22)15-7-6-13(3)10-14(15)4/h6-7,10,12H,8-9,11H2,1-5H3,(H,20,24). The Morgan fingerprint density at radius 2 is 1.92 bits per heavy atom. The molecule has 24 heavy (non-hydrogen) atoms. The lowest BCUT2D eigenvalue weighted by molar-refractivity contribution is -0.130. The summed E-state index contributed by atoms with van der Waals surface area (Å²) < 4.78 is 0. The summed E-state index contributed by atoms with van der Waals surface area (Å²) in [6.07, 6.45) is 1.41. The van der Waals surface area contributed by atoms with Crippen molar-refractivity contribution >= 4 is 17.7 Å². The van der Waals surface area contributed by atoms with Crippen LogP contribution in [0.3, 0.4) is 0 Å². The van der Waals surface area contributed by atoms with Gasteiger partial charge in [-0.25, -0.2) is 4.79 Å². The van der Waals surface area contributed by atoms with Crippen molar-refractivity contribution in [1.29, 1.82) is 0 Å². The van der Waals surface area contributed by atoms with Crippen LogP contribution in [0.5, 0.6) is 0 Å². The first-order valence-corrected chi connectivity index (χ1v) is 8.38. The van der Waals surface area contributed by atoms with Gasteiger partial charge in [0.25, 0.3) is 5.91 Å². The average Bonchev–Trinajstić information content (AvgIpc) is 2.69. The van der Waals surface area contributed by atoms with Gasteiger partial charge < -0.3 is 5.32 Å². The van der Waals surface area contributed by atoms with E-state index in [4.69, 9.17) is 0 Å². The van der Waals surface area contributed by atoms with Crippen molar-refractivity contribution in [1.82, 2.24) is 10.2 Å². The summed E-state index contributed by atoms with van der Waals surface area (Å²) in [7, 11) is 0. The quantitative estimate of drug-likeness (QED) is 0.643. The fourth-order valence-corrected chi connectivity index (χ4v) is 2.99. The molecule has 1 aliphatic rings. The van der Waals surface area contributed by atoms with Gasteiger partial charge in [-0.2, -0.15) is 0 Å². The predicted octanol–water partition coefficient (Wildman–Crippen LogP) is 3.23. The molecule has 1 atom stereocenters. The van der Waals surface area contributed by atoms with E-state index in [-0.39, 0.29) is 18.2 Å². The number of urea groups is 1. The maximum Gasteiger partial charge on any atom is 0.325 e. The Balaban J connectivity index is 2.13. The maximum absolute atomic E-state index is 12.6. The number of aryl methyl sites for hydroxylation is 2. The molecule has 1 heterocycles. The molecule has 1 N–H and O–H groups in total. The van der Waals surface area contributed by atoms with E-state index in [0.29, 0.717) is 17.9 Å². The van der Waals surface area contributed by atoms with Crippen LogP contribution in [0.4, 0.5) is 4.79 Å². The second-order valence-corrected chi connectivity index (χ2v) is 7.33. The molecule has 1 saturated heterocycles. The van der Waals surface area contributed by atoms with Gasteiger partial charge in [0.05, 0.1) is 6.54 Å². The number of rotatable bonds is 6. The van der Waals surface area contributed by atoms with Crippen LogP contribution in [-0.4, -0.2) is 34.7 Å². The van der Waals surface area contributed by atoms with Crippen LogP contribution < -0.4 is 5.32 Å². The van der Waals surface area contributed by atoms with E-state index in [2.05, 4.69) is 19.2 Å². The first-order valence-electron chi connectivity index (χ1n) is 8.38. The van der Waals surface area contributed by atoms with Crippen LogP contribution in [0, 0.1) is 19.8 Å². The molecule has 1 aromatic carbocycles. The van der Waals surface area contributed by atoms with E-state index >= 15 is 0 Å². The van der Waals surface area contributed by atoms with Crippen molar-refractivity contribution in [2.24, 2.45) is 5.92 Å². The zero-order valence-corrected chi connectivity index (χ0v) is 15.1. The molecule has 2 rings (SSSR count). The van der Waals surface area contributed by atoms with Gasteiger partial charge in [0, 0.05) is 5.56 Å². The Labute approximate surface area is 143 Å². The minimum atomic E-state index is -0.913. The highest BCUT2D eigenvalue weighted by Crippen LogP contribution is 2.25. The molecule has 0 aromatic heterocycles. The fourth-order valence-electron chi connectivity index (χ4n) is 2.99. The van der Waals surface area contributed by atoms with Crippen LogP contribution in [0.25, 0.3) is 0 Å². The second-order valence-electron chi connectivity index (χ2n) is 7.33. The second kappa shape index (κ2) is 6.75. The van der Waals surface area contributed by atoms with Crippen molar-refractivity contribution in [3.05, 3.63) is 34.9 Å². The van der Waals surface area contributed by atoms with Gasteiger partial charge in [-0.1, -0.05) is 37.6 Å². The van der Waals surface area contributed by atoms with Crippen molar-refractivity contribution in [2.45, 2.75) is 53.0 Å². The van der Waals surface area contributed by atoms with Gasteiger partial charge >= 0.3 is 6.03 Å². The zero-order chi connectivity index (χ0) is 18.1. The third kappa shape index (κ3) is 3.66. The molecule has 0 saturated carbocycles. The molecular weight excluding hydrogens is 304 g/mol. The number of hydrogen-bond donors (Lipinski definition) is 1. The van der Waals surface area contributed by atoms with Gasteiger partial charge in [0.15, 0.2) is 5.78 Å². The SMILES string of the molecule is Cc1ccc(C(=O)CN2C(=O)NC(C)(CCC(C)C)C2=O)c(C)c1. The predicted molar refractivity (Wildman–Crippen MR) is 93.0 cm³/mol. The lowest BCUT2D eigenvalue weighted by atomic mass is 9.92. The van der Waals surface area contributed by atoms with E-state index in [1.165, 1.54) is 0 Å². The van der Waals surface area contributed by atoms with Crippen LogP contribution in [0.2, 0.25) is 0 Å². The van der Waals surface area contributed by atoms with Crippen molar-refractivity contribution in [3.8, 4) is 0 Å². The van der Waals surface area contributed by atoms with Gasteiger partial charge in [0.1, 0.15) is 5.54 Å². The van der Waals surface area contributed by atoms with Gasteiger partial charge in [-0.3, -0.25) is 14.5 Å². The van der Waals surface area contributed by atoms with Gasteiger partial charge in [-0.15, -0.1) is 0 Å². The van der Waals surface area contributed by atoms with Crippen LogP contribution in [-0.2, 0) is 4.79 Å². The Hall–Kier alpha value is -2.17. The summed E-state index contributed by atoms with van der Waals surface area (Å²) in [6.45, 7) is 9.49. The number of nitrogens with zero attached hydrogens (tertiary/aromatic N) is 1. The minimum absolute atomic E-state index is 0.216. The van der Waals surface area contributed by atoms with E-state index in [1.807, 2.05) is 26.0 Å². The highest BCUT2D eigenvalue weighted by atomic mass is 16.2. The van der Waals surface area contributed by atoms with Crippen molar-refractivity contribution in [2.75, 3.05) is 6.54 Å². The van der Waals surface area contributed by atoms with Crippen molar-refractivity contribution < 1.29 is 14.4 Å². The summed E-state index contributed by atoms with van der Waals surface area (Å²) in [5.74, 6) is -0.0900. The normalized spacial score (nSPS) is 20.7.